The van der Waals surface area contributed by atoms with Crippen LogP contribution >= 0.6 is 0 Å². The van der Waals surface area contributed by atoms with E-state index in [1.54, 1.807) is 0 Å². The number of benzene rings is 1. The van der Waals surface area contributed by atoms with Crippen molar-refractivity contribution in [3.8, 4) is 0 Å². The van der Waals surface area contributed by atoms with Gasteiger partial charge in [0.15, 0.2) is 0 Å². The number of hydrogen-bond donors (Lipinski definition) is 1. The molecule has 0 heterocycles. The molecular weight excluding hydrogens is 210 g/mol. The molecule has 2 nitrogen and oxygen atoms in total. The number of nitrogens with two attached hydrogens (primary N) is 1. The van der Waals surface area contributed by atoms with Crippen molar-refractivity contribution < 1.29 is 4.74 Å². The van der Waals surface area contributed by atoms with Gasteiger partial charge in [-0.05, 0) is 37.3 Å². The van der Waals surface area contributed by atoms with E-state index in [1.807, 2.05) is 24.3 Å². The molecule has 1 aromatic carbocycles. The molecule has 1 unspecified atom stereocenters. The van der Waals surface area contributed by atoms with Crippen LogP contribution in [-0.2, 0) is 11.3 Å². The quantitative estimate of drug-likeness (QED) is 0.525. The molecule has 1 atom stereocenters. The molecule has 1 rings (SSSR count). The molecule has 0 bridgehead atoms. The number of allylic oxidation sites excluding steroid dienone is 1. The monoisotopic (exact) mass is 233 g/mol. The lowest BCUT2D eigenvalue weighted by Gasteiger charge is -2.12. The van der Waals surface area contributed by atoms with E-state index in [4.69, 9.17) is 10.5 Å². The Morgan fingerprint density at radius 2 is 2.06 bits per heavy atom. The van der Waals surface area contributed by atoms with Gasteiger partial charge in [-0.15, -0.1) is 6.58 Å². The fourth-order valence-electron chi connectivity index (χ4n) is 1.81. The maximum absolute atomic E-state index is 5.68. The fourth-order valence-corrected chi connectivity index (χ4v) is 1.81. The van der Waals surface area contributed by atoms with Gasteiger partial charge >= 0.3 is 0 Å². The van der Waals surface area contributed by atoms with Crippen molar-refractivity contribution in [3.63, 3.8) is 0 Å². The topological polar surface area (TPSA) is 35.2 Å². The summed E-state index contributed by atoms with van der Waals surface area (Å²) in [6.45, 7) is 6.00. The Hall–Kier alpha value is -1.12. The Kier molecular flexibility index (Phi) is 7.35. The van der Waals surface area contributed by atoms with Gasteiger partial charge in [-0.2, -0.15) is 0 Å². The largest absolute Gasteiger partial charge is 0.377 e. The van der Waals surface area contributed by atoms with Crippen molar-refractivity contribution in [2.45, 2.75) is 25.9 Å². The van der Waals surface area contributed by atoms with Crippen molar-refractivity contribution in [1.29, 1.82) is 0 Å². The number of rotatable bonds is 9. The van der Waals surface area contributed by atoms with Crippen LogP contribution in [0.4, 0.5) is 0 Å². The highest BCUT2D eigenvalue weighted by Crippen LogP contribution is 2.10. The van der Waals surface area contributed by atoms with Crippen LogP contribution in [0.1, 0.15) is 24.8 Å². The zero-order valence-corrected chi connectivity index (χ0v) is 10.5. The highest BCUT2D eigenvalue weighted by atomic mass is 16.5. The normalized spacial score (nSPS) is 12.3. The lowest BCUT2D eigenvalue weighted by Crippen LogP contribution is -2.14. The van der Waals surface area contributed by atoms with Gasteiger partial charge in [0.2, 0.25) is 0 Å². The number of ether oxygens (including phenoxy) is 1. The van der Waals surface area contributed by atoms with Crippen LogP contribution in [0.3, 0.4) is 0 Å². The van der Waals surface area contributed by atoms with Crippen molar-refractivity contribution in [1.82, 2.24) is 0 Å². The third-order valence-corrected chi connectivity index (χ3v) is 2.85. The molecule has 1 aromatic rings. The summed E-state index contributed by atoms with van der Waals surface area (Å²) in [6, 6.07) is 10.3. The van der Waals surface area contributed by atoms with Gasteiger partial charge in [-0.3, -0.25) is 0 Å². The van der Waals surface area contributed by atoms with Crippen LogP contribution in [0.25, 0.3) is 0 Å². The highest BCUT2D eigenvalue weighted by molar-refractivity contribution is 5.13. The van der Waals surface area contributed by atoms with Crippen LogP contribution in [-0.4, -0.2) is 13.2 Å². The summed E-state index contributed by atoms with van der Waals surface area (Å²) < 4.78 is 5.63. The summed E-state index contributed by atoms with van der Waals surface area (Å²) in [6.07, 6.45) is 5.15. The van der Waals surface area contributed by atoms with Crippen LogP contribution in [0, 0.1) is 5.92 Å². The van der Waals surface area contributed by atoms with Crippen molar-refractivity contribution in [2.24, 2.45) is 11.7 Å². The summed E-state index contributed by atoms with van der Waals surface area (Å²) in [4.78, 5) is 0. The molecule has 0 aliphatic carbocycles. The average molecular weight is 233 g/mol. The molecule has 2 N–H and O–H groups in total. The summed E-state index contributed by atoms with van der Waals surface area (Å²) in [5.41, 5.74) is 6.91. The zero-order chi connectivity index (χ0) is 12.3. The summed E-state index contributed by atoms with van der Waals surface area (Å²) in [7, 11) is 0. The van der Waals surface area contributed by atoms with E-state index in [1.165, 1.54) is 5.56 Å². The Morgan fingerprint density at radius 3 is 2.71 bits per heavy atom. The van der Waals surface area contributed by atoms with Gasteiger partial charge in [0.25, 0.3) is 0 Å². The molecule has 0 aliphatic rings. The first-order valence-electron chi connectivity index (χ1n) is 6.29. The highest BCUT2D eigenvalue weighted by Gasteiger charge is 2.03. The molecule has 0 saturated carbocycles. The Balaban J connectivity index is 2.06. The minimum absolute atomic E-state index is 0.563. The fraction of sp³-hybridized carbons (Fsp3) is 0.467. The minimum atomic E-state index is 0.563. The van der Waals surface area contributed by atoms with Gasteiger partial charge in [-0.25, -0.2) is 0 Å². The summed E-state index contributed by atoms with van der Waals surface area (Å²) >= 11 is 0. The second-order valence-electron chi connectivity index (χ2n) is 4.31. The van der Waals surface area contributed by atoms with Gasteiger partial charge in [0, 0.05) is 6.61 Å². The Morgan fingerprint density at radius 1 is 1.29 bits per heavy atom. The predicted octanol–water partition coefficient (Wildman–Crippen LogP) is 3.13. The van der Waals surface area contributed by atoms with E-state index in [0.29, 0.717) is 12.5 Å². The van der Waals surface area contributed by atoms with Crippen LogP contribution in [0.5, 0.6) is 0 Å². The van der Waals surface area contributed by atoms with Gasteiger partial charge in [0.1, 0.15) is 0 Å². The van der Waals surface area contributed by atoms with E-state index < -0.39 is 0 Å². The molecule has 0 radical (unpaired) electrons. The zero-order valence-electron chi connectivity index (χ0n) is 10.5. The SMILES string of the molecule is C=CCC(CN)CCCOCc1ccccc1. The summed E-state index contributed by atoms with van der Waals surface area (Å²) in [5, 5.41) is 0. The minimum Gasteiger partial charge on any atom is -0.377 e. The van der Waals surface area contributed by atoms with Gasteiger partial charge in [0.05, 0.1) is 6.61 Å². The molecule has 0 spiro atoms. The maximum Gasteiger partial charge on any atom is 0.0716 e. The second-order valence-corrected chi connectivity index (χ2v) is 4.31. The van der Waals surface area contributed by atoms with Gasteiger partial charge in [-0.1, -0.05) is 36.4 Å². The molecular formula is C15H23NO. The van der Waals surface area contributed by atoms with Crippen molar-refractivity contribution in [3.05, 3.63) is 48.6 Å². The molecule has 0 amide bonds. The molecule has 94 valence electrons. The smallest absolute Gasteiger partial charge is 0.0716 e. The molecule has 0 fully saturated rings. The standard InChI is InChI=1S/C15H23NO/c1-2-7-14(12-16)10-6-11-17-13-15-8-4-3-5-9-15/h2-5,8-9,14H,1,6-7,10-13,16H2. The maximum atomic E-state index is 5.68. The van der Waals surface area contributed by atoms with Crippen molar-refractivity contribution >= 4 is 0 Å². The average Bonchev–Trinajstić information content (AvgIpc) is 2.38. The van der Waals surface area contributed by atoms with E-state index in [-0.39, 0.29) is 0 Å². The van der Waals surface area contributed by atoms with E-state index in [9.17, 15) is 0 Å². The number of hydrogen-bond acceptors (Lipinski definition) is 2. The Bertz CT molecular complexity index is 297. The molecule has 17 heavy (non-hydrogen) atoms. The van der Waals surface area contributed by atoms with Crippen LogP contribution in [0.2, 0.25) is 0 Å². The molecule has 0 aromatic heterocycles. The van der Waals surface area contributed by atoms with Crippen LogP contribution in [0.15, 0.2) is 43.0 Å². The first-order chi connectivity index (χ1) is 8.36. The predicted molar refractivity (Wildman–Crippen MR) is 72.7 cm³/mol. The summed E-state index contributed by atoms with van der Waals surface area (Å²) in [5.74, 6) is 0.563. The van der Waals surface area contributed by atoms with E-state index in [0.717, 1.165) is 32.4 Å². The third kappa shape index (κ3) is 6.25. The van der Waals surface area contributed by atoms with E-state index in [2.05, 4.69) is 18.7 Å². The lowest BCUT2D eigenvalue weighted by molar-refractivity contribution is 0.114. The lowest BCUT2D eigenvalue weighted by atomic mass is 10.00. The van der Waals surface area contributed by atoms with Crippen LogP contribution < -0.4 is 5.73 Å². The third-order valence-electron chi connectivity index (χ3n) is 2.85. The van der Waals surface area contributed by atoms with Crippen molar-refractivity contribution in [2.75, 3.05) is 13.2 Å². The Labute approximate surface area is 104 Å². The van der Waals surface area contributed by atoms with Gasteiger partial charge < -0.3 is 10.5 Å². The molecule has 0 aliphatic heterocycles. The van der Waals surface area contributed by atoms with E-state index >= 15 is 0 Å². The second kappa shape index (κ2) is 8.97. The first-order valence-corrected chi connectivity index (χ1v) is 6.29. The first kappa shape index (κ1) is 13.9. The molecule has 2 heteroatoms. The molecule has 0 saturated heterocycles.